The Hall–Kier alpha value is -2.37. The van der Waals surface area contributed by atoms with Gasteiger partial charge in [0.15, 0.2) is 5.82 Å². The van der Waals surface area contributed by atoms with Gasteiger partial charge in [-0.25, -0.2) is 0 Å². The van der Waals surface area contributed by atoms with Gasteiger partial charge >= 0.3 is 0 Å². The molecule has 1 amide bonds. The SMILES string of the molecule is O=C(c1cccc(Cl)c1Cl)N1C[C@H](c2ncon2)[C@H](c2ccccc2)C1. The van der Waals surface area contributed by atoms with Gasteiger partial charge in [0.1, 0.15) is 0 Å². The number of carbonyl (C=O) groups is 1. The van der Waals surface area contributed by atoms with E-state index < -0.39 is 0 Å². The highest BCUT2D eigenvalue weighted by Crippen LogP contribution is 2.39. The van der Waals surface area contributed by atoms with Crippen LogP contribution >= 0.6 is 23.2 Å². The summed E-state index contributed by atoms with van der Waals surface area (Å²) >= 11 is 12.3. The van der Waals surface area contributed by atoms with Crippen LogP contribution in [0.25, 0.3) is 0 Å². The highest BCUT2D eigenvalue weighted by molar-refractivity contribution is 6.43. The van der Waals surface area contributed by atoms with E-state index in [4.69, 9.17) is 27.7 Å². The third kappa shape index (κ3) is 3.08. The quantitative estimate of drug-likeness (QED) is 0.667. The van der Waals surface area contributed by atoms with Crippen LogP contribution in [-0.2, 0) is 0 Å². The van der Waals surface area contributed by atoms with Crippen molar-refractivity contribution in [3.63, 3.8) is 0 Å². The first kappa shape index (κ1) is 17.1. The molecule has 1 fully saturated rings. The molecule has 3 aromatic rings. The lowest BCUT2D eigenvalue weighted by atomic mass is 9.88. The molecule has 2 atom stereocenters. The van der Waals surface area contributed by atoms with Gasteiger partial charge in [0.2, 0.25) is 6.39 Å². The summed E-state index contributed by atoms with van der Waals surface area (Å²) in [6, 6.07) is 15.1. The lowest BCUT2D eigenvalue weighted by Crippen LogP contribution is -2.29. The lowest BCUT2D eigenvalue weighted by molar-refractivity contribution is 0.0789. The zero-order chi connectivity index (χ0) is 18.1. The largest absolute Gasteiger partial charge is 0.343 e. The maximum absolute atomic E-state index is 13.0. The second-order valence-electron chi connectivity index (χ2n) is 6.22. The van der Waals surface area contributed by atoms with E-state index in [0.29, 0.717) is 29.5 Å². The van der Waals surface area contributed by atoms with Gasteiger partial charge < -0.3 is 9.42 Å². The topological polar surface area (TPSA) is 59.2 Å². The zero-order valence-electron chi connectivity index (χ0n) is 13.7. The van der Waals surface area contributed by atoms with Gasteiger partial charge in [0, 0.05) is 24.9 Å². The van der Waals surface area contributed by atoms with Crippen molar-refractivity contribution in [3.05, 3.63) is 81.9 Å². The summed E-state index contributed by atoms with van der Waals surface area (Å²) in [4.78, 5) is 19.0. The number of nitrogens with zero attached hydrogens (tertiary/aromatic N) is 3. The van der Waals surface area contributed by atoms with Crippen LogP contribution in [0.15, 0.2) is 59.4 Å². The van der Waals surface area contributed by atoms with E-state index >= 15 is 0 Å². The Morgan fingerprint density at radius 1 is 1.04 bits per heavy atom. The molecule has 0 spiro atoms. The Morgan fingerprint density at radius 3 is 2.54 bits per heavy atom. The standard InChI is InChI=1S/C19H15Cl2N3O2/c20-16-8-4-7-13(17(16)21)19(25)24-9-14(12-5-2-1-3-6-12)15(10-24)18-22-11-26-23-18/h1-8,11,14-15H,9-10H2/t14-,15-/m0/s1. The van der Waals surface area contributed by atoms with Crippen molar-refractivity contribution in [2.24, 2.45) is 0 Å². The van der Waals surface area contributed by atoms with Gasteiger partial charge in [0.05, 0.1) is 15.6 Å². The molecule has 4 rings (SSSR count). The Kier molecular flexibility index (Phi) is 4.66. The molecule has 1 aromatic heterocycles. The summed E-state index contributed by atoms with van der Waals surface area (Å²) in [7, 11) is 0. The van der Waals surface area contributed by atoms with Crippen LogP contribution in [-0.4, -0.2) is 34.0 Å². The molecule has 2 aromatic carbocycles. The molecule has 26 heavy (non-hydrogen) atoms. The third-order valence-corrected chi connectivity index (χ3v) is 5.55. The molecular weight excluding hydrogens is 373 g/mol. The second-order valence-corrected chi connectivity index (χ2v) is 7.01. The molecule has 0 saturated carbocycles. The fourth-order valence-electron chi connectivity index (χ4n) is 3.45. The summed E-state index contributed by atoms with van der Waals surface area (Å²) in [6.45, 7) is 1.03. The third-order valence-electron chi connectivity index (χ3n) is 4.73. The molecule has 0 unspecified atom stereocenters. The Bertz CT molecular complexity index is 916. The van der Waals surface area contributed by atoms with Crippen molar-refractivity contribution in [2.75, 3.05) is 13.1 Å². The summed E-state index contributed by atoms with van der Waals surface area (Å²) in [5.41, 5.74) is 1.54. The number of benzene rings is 2. The smallest absolute Gasteiger partial charge is 0.255 e. The Balaban J connectivity index is 1.67. The number of amides is 1. The van der Waals surface area contributed by atoms with Gasteiger partial charge in [-0.05, 0) is 17.7 Å². The highest BCUT2D eigenvalue weighted by atomic mass is 35.5. The summed E-state index contributed by atoms with van der Waals surface area (Å²) in [5, 5.41) is 4.64. The Labute approximate surface area is 160 Å². The maximum atomic E-state index is 13.0. The summed E-state index contributed by atoms with van der Waals surface area (Å²) < 4.78 is 4.92. The monoisotopic (exact) mass is 387 g/mol. The van der Waals surface area contributed by atoms with Crippen LogP contribution in [0.2, 0.25) is 10.0 Å². The van der Waals surface area contributed by atoms with E-state index in [2.05, 4.69) is 22.3 Å². The average molecular weight is 388 g/mol. The first-order valence-electron chi connectivity index (χ1n) is 8.19. The highest BCUT2D eigenvalue weighted by Gasteiger charge is 2.40. The fourth-order valence-corrected chi connectivity index (χ4v) is 3.83. The number of hydrogen-bond donors (Lipinski definition) is 0. The molecule has 1 saturated heterocycles. The number of halogens is 2. The van der Waals surface area contributed by atoms with Gasteiger partial charge in [-0.1, -0.05) is 64.8 Å². The number of carbonyl (C=O) groups excluding carboxylic acids is 1. The van der Waals surface area contributed by atoms with Crippen LogP contribution in [0.5, 0.6) is 0 Å². The van der Waals surface area contributed by atoms with Gasteiger partial charge in [-0.2, -0.15) is 4.98 Å². The lowest BCUT2D eigenvalue weighted by Gasteiger charge is -2.17. The van der Waals surface area contributed by atoms with Crippen molar-refractivity contribution in [1.29, 1.82) is 0 Å². The van der Waals surface area contributed by atoms with Crippen molar-refractivity contribution in [3.8, 4) is 0 Å². The molecule has 0 bridgehead atoms. The van der Waals surface area contributed by atoms with Crippen molar-refractivity contribution in [1.82, 2.24) is 15.0 Å². The number of aromatic nitrogens is 2. The van der Waals surface area contributed by atoms with Crippen LogP contribution in [0.4, 0.5) is 0 Å². The molecule has 7 heteroatoms. The minimum atomic E-state index is -0.149. The molecule has 132 valence electrons. The molecular formula is C19H15Cl2N3O2. The number of likely N-dealkylation sites (tertiary alicyclic amines) is 1. The van der Waals surface area contributed by atoms with Gasteiger partial charge in [-0.15, -0.1) is 0 Å². The fraction of sp³-hybridized carbons (Fsp3) is 0.211. The molecule has 1 aliphatic heterocycles. The van der Waals surface area contributed by atoms with Crippen LogP contribution in [0.1, 0.15) is 33.6 Å². The summed E-state index contributed by atoms with van der Waals surface area (Å²) in [5.74, 6) is 0.490. The normalized spacial score (nSPS) is 19.7. The molecule has 5 nitrogen and oxygen atoms in total. The Morgan fingerprint density at radius 2 is 1.81 bits per heavy atom. The zero-order valence-corrected chi connectivity index (χ0v) is 15.2. The number of hydrogen-bond acceptors (Lipinski definition) is 4. The molecule has 1 aliphatic rings. The van der Waals surface area contributed by atoms with Crippen molar-refractivity contribution in [2.45, 2.75) is 11.8 Å². The van der Waals surface area contributed by atoms with E-state index in [1.165, 1.54) is 6.39 Å². The first-order chi connectivity index (χ1) is 12.6. The van der Waals surface area contributed by atoms with E-state index in [9.17, 15) is 4.79 Å². The van der Waals surface area contributed by atoms with Crippen LogP contribution in [0.3, 0.4) is 0 Å². The molecule has 2 heterocycles. The second kappa shape index (κ2) is 7.09. The number of rotatable bonds is 3. The first-order valence-corrected chi connectivity index (χ1v) is 8.95. The van der Waals surface area contributed by atoms with Crippen molar-refractivity contribution >= 4 is 29.1 Å². The van der Waals surface area contributed by atoms with Crippen LogP contribution < -0.4 is 0 Å². The van der Waals surface area contributed by atoms with Gasteiger partial charge in [0.25, 0.3) is 5.91 Å². The van der Waals surface area contributed by atoms with E-state index in [1.807, 2.05) is 18.2 Å². The predicted molar refractivity (Wildman–Crippen MR) is 98.6 cm³/mol. The van der Waals surface area contributed by atoms with Gasteiger partial charge in [-0.3, -0.25) is 4.79 Å². The minimum Gasteiger partial charge on any atom is -0.343 e. The molecule has 0 N–H and O–H groups in total. The van der Waals surface area contributed by atoms with Crippen LogP contribution in [0, 0.1) is 0 Å². The predicted octanol–water partition coefficient (Wildman–Crippen LogP) is 4.40. The molecule has 0 aliphatic carbocycles. The van der Waals surface area contributed by atoms with E-state index in [0.717, 1.165) is 5.56 Å². The summed E-state index contributed by atoms with van der Waals surface area (Å²) in [6.07, 6.45) is 1.32. The average Bonchev–Trinajstić information content (AvgIpc) is 3.33. The van der Waals surface area contributed by atoms with E-state index in [-0.39, 0.29) is 22.8 Å². The maximum Gasteiger partial charge on any atom is 0.255 e. The minimum absolute atomic E-state index is 0.0435. The molecule has 0 radical (unpaired) electrons. The van der Waals surface area contributed by atoms with Crippen molar-refractivity contribution < 1.29 is 9.32 Å². The van der Waals surface area contributed by atoms with E-state index in [1.54, 1.807) is 23.1 Å².